The lowest BCUT2D eigenvalue weighted by molar-refractivity contribution is -0.000284. The van der Waals surface area contributed by atoms with Crippen molar-refractivity contribution in [3.05, 3.63) is 0 Å². The Bertz CT molecular complexity index is 66.8. The average molecular weight is 134 g/mol. The molecule has 0 aromatic rings. The molecule has 2 atom stereocenters. The third-order valence-electron chi connectivity index (χ3n) is 1.29. The molecule has 0 bridgehead atoms. The third kappa shape index (κ3) is 1.37. The molecule has 0 aliphatic carbocycles. The summed E-state index contributed by atoms with van der Waals surface area (Å²) in [6.45, 7) is 1.19. The summed E-state index contributed by atoms with van der Waals surface area (Å²) in [5.74, 6) is 0. The molecule has 3 heteroatoms. The third-order valence-corrected chi connectivity index (χ3v) is 1.89. The molecule has 48 valence electrons. The van der Waals surface area contributed by atoms with E-state index in [2.05, 4.69) is 12.6 Å². The van der Waals surface area contributed by atoms with Gasteiger partial charge in [0.2, 0.25) is 0 Å². The molecule has 2 nitrogen and oxygen atoms in total. The topological polar surface area (TPSA) is 29.5 Å². The van der Waals surface area contributed by atoms with Crippen molar-refractivity contribution in [3.8, 4) is 0 Å². The highest BCUT2D eigenvalue weighted by atomic mass is 32.1. The van der Waals surface area contributed by atoms with Gasteiger partial charge in [0.1, 0.15) is 0 Å². The molecule has 1 saturated heterocycles. The Labute approximate surface area is 54.3 Å². The number of hydrogen-bond donors (Lipinski definition) is 2. The Morgan fingerprint density at radius 2 is 2.38 bits per heavy atom. The molecule has 1 rings (SSSR count). The van der Waals surface area contributed by atoms with Gasteiger partial charge in [-0.3, -0.25) is 0 Å². The van der Waals surface area contributed by atoms with Gasteiger partial charge >= 0.3 is 0 Å². The summed E-state index contributed by atoms with van der Waals surface area (Å²) < 4.78 is 4.95. The van der Waals surface area contributed by atoms with Crippen LogP contribution in [0.15, 0.2) is 0 Å². The zero-order chi connectivity index (χ0) is 5.98. The van der Waals surface area contributed by atoms with E-state index in [4.69, 9.17) is 9.84 Å². The van der Waals surface area contributed by atoms with Crippen LogP contribution in [0, 0.1) is 0 Å². The van der Waals surface area contributed by atoms with Crippen molar-refractivity contribution in [1.82, 2.24) is 0 Å². The molecule has 2 unspecified atom stereocenters. The van der Waals surface area contributed by atoms with Crippen LogP contribution in [0.1, 0.15) is 6.42 Å². The molecule has 1 aliphatic heterocycles. The molecular formula is C5H10O2S. The fourth-order valence-corrected chi connectivity index (χ4v) is 0.903. The van der Waals surface area contributed by atoms with Crippen molar-refractivity contribution in [2.75, 3.05) is 13.2 Å². The lowest BCUT2D eigenvalue weighted by atomic mass is 10.2. The summed E-state index contributed by atoms with van der Waals surface area (Å²) in [6.07, 6.45) is 0.511. The highest BCUT2D eigenvalue weighted by Crippen LogP contribution is 2.12. The molecule has 0 amide bonds. The molecule has 0 radical (unpaired) electrons. The van der Waals surface area contributed by atoms with E-state index in [1.54, 1.807) is 0 Å². The van der Waals surface area contributed by atoms with Crippen LogP contribution in [0.25, 0.3) is 0 Å². The largest absolute Gasteiger partial charge is 0.390 e. The lowest BCUT2D eigenvalue weighted by Gasteiger charge is -2.22. The van der Waals surface area contributed by atoms with Gasteiger partial charge in [0, 0.05) is 11.9 Å². The highest BCUT2D eigenvalue weighted by molar-refractivity contribution is 7.81. The molecule has 0 aromatic carbocycles. The van der Waals surface area contributed by atoms with Crippen molar-refractivity contribution in [1.29, 1.82) is 0 Å². The van der Waals surface area contributed by atoms with Gasteiger partial charge in [-0.05, 0) is 6.42 Å². The van der Waals surface area contributed by atoms with Crippen LogP contribution in [0.2, 0.25) is 0 Å². The first-order chi connectivity index (χ1) is 3.80. The second kappa shape index (κ2) is 2.71. The number of ether oxygens (including phenoxy) is 1. The fraction of sp³-hybridized carbons (Fsp3) is 1.00. The fourth-order valence-electron chi connectivity index (χ4n) is 0.712. The Balaban J connectivity index is 2.28. The molecule has 0 saturated carbocycles. The van der Waals surface area contributed by atoms with Gasteiger partial charge in [-0.1, -0.05) is 0 Å². The van der Waals surface area contributed by atoms with Crippen molar-refractivity contribution in [2.24, 2.45) is 0 Å². The van der Waals surface area contributed by atoms with E-state index in [0.717, 1.165) is 13.0 Å². The van der Waals surface area contributed by atoms with Crippen LogP contribution in [0.3, 0.4) is 0 Å². The summed E-state index contributed by atoms with van der Waals surface area (Å²) in [5.41, 5.74) is 0. The van der Waals surface area contributed by atoms with Crippen molar-refractivity contribution in [2.45, 2.75) is 17.8 Å². The van der Waals surface area contributed by atoms with Crippen molar-refractivity contribution >= 4 is 12.6 Å². The van der Waals surface area contributed by atoms with Crippen LogP contribution < -0.4 is 0 Å². The van der Waals surface area contributed by atoms with Crippen LogP contribution in [0.4, 0.5) is 0 Å². The van der Waals surface area contributed by atoms with Crippen LogP contribution in [-0.4, -0.2) is 29.7 Å². The van der Waals surface area contributed by atoms with Crippen LogP contribution in [-0.2, 0) is 4.74 Å². The van der Waals surface area contributed by atoms with Crippen molar-refractivity contribution < 1.29 is 9.84 Å². The Morgan fingerprint density at radius 3 is 2.75 bits per heavy atom. The molecule has 1 heterocycles. The van der Waals surface area contributed by atoms with E-state index in [1.807, 2.05) is 0 Å². The maximum absolute atomic E-state index is 8.98. The van der Waals surface area contributed by atoms with Crippen LogP contribution in [0.5, 0.6) is 0 Å². The Hall–Kier alpha value is 0.270. The Morgan fingerprint density at radius 1 is 1.62 bits per heavy atom. The first kappa shape index (κ1) is 6.39. The van der Waals surface area contributed by atoms with Gasteiger partial charge in [-0.15, -0.1) is 0 Å². The summed E-state index contributed by atoms with van der Waals surface area (Å²) in [5, 5.41) is 9.10. The minimum absolute atomic E-state index is 0.128. The van der Waals surface area contributed by atoms with E-state index < -0.39 is 0 Å². The summed E-state index contributed by atoms with van der Waals surface area (Å²) in [6, 6.07) is 0. The first-order valence-corrected chi connectivity index (χ1v) is 3.26. The standard InChI is InChI=1S/C5H10O2S/c6-4-3-7-2-1-5(4)8/h4-6,8H,1-3H2. The number of aliphatic hydroxyl groups excluding tert-OH is 1. The van der Waals surface area contributed by atoms with E-state index in [-0.39, 0.29) is 11.4 Å². The van der Waals surface area contributed by atoms with E-state index in [1.165, 1.54) is 0 Å². The van der Waals surface area contributed by atoms with Gasteiger partial charge in [0.05, 0.1) is 12.7 Å². The number of aliphatic hydroxyl groups is 1. The minimum atomic E-state index is -0.355. The molecule has 8 heavy (non-hydrogen) atoms. The summed E-state index contributed by atoms with van der Waals surface area (Å²) in [4.78, 5) is 0. The maximum atomic E-state index is 8.98. The second-order valence-electron chi connectivity index (χ2n) is 2.00. The first-order valence-electron chi connectivity index (χ1n) is 2.74. The predicted octanol–water partition coefficient (Wildman–Crippen LogP) is 0.0660. The lowest BCUT2D eigenvalue weighted by Crippen LogP contribution is -2.32. The second-order valence-corrected chi connectivity index (χ2v) is 2.66. The predicted molar refractivity (Wildman–Crippen MR) is 34.2 cm³/mol. The zero-order valence-corrected chi connectivity index (χ0v) is 5.47. The van der Waals surface area contributed by atoms with Crippen molar-refractivity contribution in [3.63, 3.8) is 0 Å². The van der Waals surface area contributed by atoms with Gasteiger partial charge in [-0.25, -0.2) is 0 Å². The summed E-state index contributed by atoms with van der Waals surface area (Å²) >= 11 is 4.13. The van der Waals surface area contributed by atoms with Crippen LogP contribution >= 0.6 is 12.6 Å². The van der Waals surface area contributed by atoms with Gasteiger partial charge < -0.3 is 9.84 Å². The van der Waals surface area contributed by atoms with E-state index >= 15 is 0 Å². The van der Waals surface area contributed by atoms with Gasteiger partial charge in [-0.2, -0.15) is 12.6 Å². The SMILES string of the molecule is OC1COCCC1S. The van der Waals surface area contributed by atoms with Gasteiger partial charge in [0.15, 0.2) is 0 Å². The summed E-state index contributed by atoms with van der Waals surface area (Å²) in [7, 11) is 0. The monoisotopic (exact) mass is 134 g/mol. The average Bonchev–Trinajstić information content (AvgIpc) is 1.77. The highest BCUT2D eigenvalue weighted by Gasteiger charge is 2.19. The maximum Gasteiger partial charge on any atom is 0.0890 e. The molecule has 0 spiro atoms. The number of thiol groups is 1. The van der Waals surface area contributed by atoms with E-state index in [0.29, 0.717) is 6.61 Å². The molecule has 0 aromatic heterocycles. The number of hydrogen-bond acceptors (Lipinski definition) is 3. The normalized spacial score (nSPS) is 39.8. The smallest absolute Gasteiger partial charge is 0.0890 e. The Kier molecular flexibility index (Phi) is 2.16. The molecule has 1 fully saturated rings. The minimum Gasteiger partial charge on any atom is -0.390 e. The molecular weight excluding hydrogens is 124 g/mol. The molecule has 1 aliphatic rings. The van der Waals surface area contributed by atoms with E-state index in [9.17, 15) is 0 Å². The molecule has 1 N–H and O–H groups in total. The number of rotatable bonds is 0. The zero-order valence-electron chi connectivity index (χ0n) is 4.58. The van der Waals surface area contributed by atoms with Gasteiger partial charge in [0.25, 0.3) is 0 Å². The quantitative estimate of drug-likeness (QED) is 0.459.